The van der Waals surface area contributed by atoms with Crippen LogP contribution in [0.25, 0.3) is 0 Å². The molecule has 19 heavy (non-hydrogen) atoms. The van der Waals surface area contributed by atoms with Gasteiger partial charge in [-0.05, 0) is 37.4 Å². The number of benzene rings is 1. The Balaban J connectivity index is 2.05. The standard InChI is InChI=1S/C16H24N2O/c1-13(2)11-18(12-15-9-6-10-17-15)16(19)14-7-4-3-5-8-14/h3-5,7-8,13,15,17H,6,9-12H2,1-2H3. The van der Waals surface area contributed by atoms with E-state index in [0.717, 1.165) is 25.2 Å². The van der Waals surface area contributed by atoms with Crippen molar-refractivity contribution in [1.82, 2.24) is 10.2 Å². The van der Waals surface area contributed by atoms with Crippen LogP contribution in [0, 0.1) is 5.92 Å². The Morgan fingerprint density at radius 1 is 1.37 bits per heavy atom. The summed E-state index contributed by atoms with van der Waals surface area (Å²) in [4.78, 5) is 14.6. The Labute approximate surface area is 116 Å². The van der Waals surface area contributed by atoms with Crippen molar-refractivity contribution in [3.63, 3.8) is 0 Å². The van der Waals surface area contributed by atoms with Crippen LogP contribution in [-0.2, 0) is 0 Å². The zero-order chi connectivity index (χ0) is 13.7. The van der Waals surface area contributed by atoms with Crippen molar-refractivity contribution in [2.75, 3.05) is 19.6 Å². The molecule has 0 saturated carbocycles. The van der Waals surface area contributed by atoms with Crippen LogP contribution in [0.1, 0.15) is 37.0 Å². The number of amides is 1. The van der Waals surface area contributed by atoms with Crippen LogP contribution in [0.4, 0.5) is 0 Å². The fraction of sp³-hybridized carbons (Fsp3) is 0.562. The normalized spacial score (nSPS) is 18.8. The molecule has 2 rings (SSSR count). The summed E-state index contributed by atoms with van der Waals surface area (Å²) in [5, 5.41) is 3.47. The third-order valence-corrected chi connectivity index (χ3v) is 3.50. The van der Waals surface area contributed by atoms with Crippen molar-refractivity contribution in [3.05, 3.63) is 35.9 Å². The summed E-state index contributed by atoms with van der Waals surface area (Å²) in [5.41, 5.74) is 0.793. The summed E-state index contributed by atoms with van der Waals surface area (Å²) in [6.45, 7) is 7.05. The van der Waals surface area contributed by atoms with Gasteiger partial charge in [-0.2, -0.15) is 0 Å². The number of hydrogen-bond donors (Lipinski definition) is 1. The van der Waals surface area contributed by atoms with E-state index in [1.807, 2.05) is 35.2 Å². The van der Waals surface area contributed by atoms with E-state index in [0.29, 0.717) is 12.0 Å². The van der Waals surface area contributed by atoms with Gasteiger partial charge in [0.15, 0.2) is 0 Å². The second kappa shape index (κ2) is 6.71. The first-order valence-electron chi connectivity index (χ1n) is 7.24. The van der Waals surface area contributed by atoms with Crippen molar-refractivity contribution in [3.8, 4) is 0 Å². The van der Waals surface area contributed by atoms with Gasteiger partial charge in [0, 0.05) is 24.7 Å². The van der Waals surface area contributed by atoms with Crippen molar-refractivity contribution in [2.45, 2.75) is 32.7 Å². The SMILES string of the molecule is CC(C)CN(CC1CCCN1)C(=O)c1ccccc1. The van der Waals surface area contributed by atoms with Crippen LogP contribution in [0.15, 0.2) is 30.3 Å². The molecule has 0 spiro atoms. The average Bonchev–Trinajstić information content (AvgIpc) is 2.90. The van der Waals surface area contributed by atoms with Crippen LogP contribution < -0.4 is 5.32 Å². The molecule has 1 heterocycles. The van der Waals surface area contributed by atoms with E-state index in [2.05, 4.69) is 19.2 Å². The molecular formula is C16H24N2O. The summed E-state index contributed by atoms with van der Waals surface area (Å²) in [5.74, 6) is 0.650. The molecule has 0 bridgehead atoms. The molecule has 1 aromatic carbocycles. The van der Waals surface area contributed by atoms with Gasteiger partial charge in [0.05, 0.1) is 0 Å². The number of rotatable bonds is 5. The van der Waals surface area contributed by atoms with Crippen molar-refractivity contribution in [1.29, 1.82) is 0 Å². The number of carbonyl (C=O) groups is 1. The van der Waals surface area contributed by atoms with Gasteiger partial charge in [0.1, 0.15) is 0 Å². The van der Waals surface area contributed by atoms with Gasteiger partial charge >= 0.3 is 0 Å². The Morgan fingerprint density at radius 3 is 2.68 bits per heavy atom. The Hall–Kier alpha value is -1.35. The summed E-state index contributed by atoms with van der Waals surface area (Å²) < 4.78 is 0. The first-order valence-corrected chi connectivity index (χ1v) is 7.24. The Morgan fingerprint density at radius 2 is 2.11 bits per heavy atom. The Kier molecular flexibility index (Phi) is 4.97. The molecule has 1 atom stereocenters. The van der Waals surface area contributed by atoms with Gasteiger partial charge < -0.3 is 10.2 Å². The smallest absolute Gasteiger partial charge is 0.253 e. The topological polar surface area (TPSA) is 32.3 Å². The first kappa shape index (κ1) is 14.1. The summed E-state index contributed by atoms with van der Waals surface area (Å²) in [6, 6.07) is 10.1. The molecule has 1 aliphatic heterocycles. The number of nitrogens with zero attached hydrogens (tertiary/aromatic N) is 1. The van der Waals surface area contributed by atoms with Crippen molar-refractivity contribution in [2.24, 2.45) is 5.92 Å². The highest BCUT2D eigenvalue weighted by molar-refractivity contribution is 5.94. The second-order valence-corrected chi connectivity index (χ2v) is 5.76. The second-order valence-electron chi connectivity index (χ2n) is 5.76. The lowest BCUT2D eigenvalue weighted by Crippen LogP contribution is -2.42. The van der Waals surface area contributed by atoms with E-state index < -0.39 is 0 Å². The molecule has 0 aliphatic carbocycles. The molecule has 0 radical (unpaired) electrons. The van der Waals surface area contributed by atoms with Crippen LogP contribution >= 0.6 is 0 Å². The van der Waals surface area contributed by atoms with Gasteiger partial charge in [-0.1, -0.05) is 32.0 Å². The average molecular weight is 260 g/mol. The van der Waals surface area contributed by atoms with Gasteiger partial charge in [0.2, 0.25) is 0 Å². The predicted molar refractivity (Wildman–Crippen MR) is 78.2 cm³/mol. The third-order valence-electron chi connectivity index (χ3n) is 3.50. The van der Waals surface area contributed by atoms with Crippen LogP contribution in [0.3, 0.4) is 0 Å². The molecule has 3 heteroatoms. The summed E-state index contributed by atoms with van der Waals surface area (Å²) >= 11 is 0. The molecule has 3 nitrogen and oxygen atoms in total. The maximum Gasteiger partial charge on any atom is 0.253 e. The van der Waals surface area contributed by atoms with E-state index in [1.54, 1.807) is 0 Å². The van der Waals surface area contributed by atoms with Crippen LogP contribution in [0.2, 0.25) is 0 Å². The summed E-state index contributed by atoms with van der Waals surface area (Å²) in [7, 11) is 0. The van der Waals surface area contributed by atoms with E-state index in [1.165, 1.54) is 12.8 Å². The lowest BCUT2D eigenvalue weighted by molar-refractivity contribution is 0.0721. The minimum Gasteiger partial charge on any atom is -0.337 e. The van der Waals surface area contributed by atoms with E-state index in [-0.39, 0.29) is 5.91 Å². The molecule has 1 amide bonds. The molecule has 0 aromatic heterocycles. The fourth-order valence-electron chi connectivity index (χ4n) is 2.62. The van der Waals surface area contributed by atoms with E-state index >= 15 is 0 Å². The van der Waals surface area contributed by atoms with Gasteiger partial charge in [-0.15, -0.1) is 0 Å². The molecular weight excluding hydrogens is 236 g/mol. The third kappa shape index (κ3) is 4.06. The molecule has 1 fully saturated rings. The minimum absolute atomic E-state index is 0.156. The maximum atomic E-state index is 12.6. The highest BCUT2D eigenvalue weighted by atomic mass is 16.2. The highest BCUT2D eigenvalue weighted by Gasteiger charge is 2.22. The molecule has 1 aromatic rings. The zero-order valence-electron chi connectivity index (χ0n) is 11.9. The predicted octanol–water partition coefficient (Wildman–Crippen LogP) is 2.54. The van der Waals surface area contributed by atoms with Crippen molar-refractivity contribution >= 4 is 5.91 Å². The fourth-order valence-corrected chi connectivity index (χ4v) is 2.62. The first-order chi connectivity index (χ1) is 9.16. The zero-order valence-corrected chi connectivity index (χ0v) is 11.9. The number of carbonyl (C=O) groups excluding carboxylic acids is 1. The van der Waals surface area contributed by atoms with Crippen LogP contribution in [-0.4, -0.2) is 36.5 Å². The lowest BCUT2D eigenvalue weighted by Gasteiger charge is -2.27. The monoisotopic (exact) mass is 260 g/mol. The quantitative estimate of drug-likeness (QED) is 0.882. The number of hydrogen-bond acceptors (Lipinski definition) is 2. The minimum atomic E-state index is 0.156. The molecule has 1 N–H and O–H groups in total. The van der Waals surface area contributed by atoms with Crippen molar-refractivity contribution < 1.29 is 4.79 Å². The van der Waals surface area contributed by atoms with Gasteiger partial charge in [0.25, 0.3) is 5.91 Å². The van der Waals surface area contributed by atoms with Gasteiger partial charge in [-0.25, -0.2) is 0 Å². The highest BCUT2D eigenvalue weighted by Crippen LogP contribution is 2.12. The largest absolute Gasteiger partial charge is 0.337 e. The molecule has 1 saturated heterocycles. The maximum absolute atomic E-state index is 12.6. The van der Waals surface area contributed by atoms with Gasteiger partial charge in [-0.3, -0.25) is 4.79 Å². The molecule has 1 unspecified atom stereocenters. The lowest BCUT2D eigenvalue weighted by atomic mass is 10.1. The van der Waals surface area contributed by atoms with E-state index in [9.17, 15) is 4.79 Å². The number of nitrogens with one attached hydrogen (secondary N) is 1. The van der Waals surface area contributed by atoms with Crippen LogP contribution in [0.5, 0.6) is 0 Å². The summed E-state index contributed by atoms with van der Waals surface area (Å²) in [6.07, 6.45) is 2.40. The Bertz CT molecular complexity index is 396. The molecule has 104 valence electrons. The molecule has 1 aliphatic rings. The van der Waals surface area contributed by atoms with E-state index in [4.69, 9.17) is 0 Å².